The normalized spacial score (nSPS) is 45.2. The lowest BCUT2D eigenvalue weighted by Gasteiger charge is -2.50. The molecular formula is C15H20O2. The summed E-state index contributed by atoms with van der Waals surface area (Å²) in [7, 11) is 0. The molecular weight excluding hydrogens is 212 g/mol. The molecule has 3 fully saturated rings. The van der Waals surface area contributed by atoms with Gasteiger partial charge in [0.15, 0.2) is 0 Å². The molecule has 3 rings (SSSR count). The summed E-state index contributed by atoms with van der Waals surface area (Å²) in [4.78, 5) is 11.7. The number of esters is 1. The Bertz CT molecular complexity index is 409. The molecule has 3 aliphatic rings. The molecule has 0 spiro atoms. The van der Waals surface area contributed by atoms with Gasteiger partial charge in [0.05, 0.1) is 0 Å². The van der Waals surface area contributed by atoms with Crippen LogP contribution in [0.3, 0.4) is 0 Å². The molecule has 92 valence electrons. The lowest BCUT2D eigenvalue weighted by Crippen LogP contribution is -2.46. The van der Waals surface area contributed by atoms with Crippen LogP contribution in [0.25, 0.3) is 0 Å². The standard InChI is InChI=1S/C15H20O2/c1-9-5-4-7-15(3)8-6-11-10(2)14(16)17-13(11)12(9)15/h11-13H,1-2,4-8H2,3H3/t11-,12-,13+,15-/m1/s1. The second kappa shape index (κ2) is 3.47. The molecule has 0 aromatic rings. The highest BCUT2D eigenvalue weighted by atomic mass is 16.6. The second-order valence-corrected chi connectivity index (χ2v) is 6.18. The van der Waals surface area contributed by atoms with Crippen molar-refractivity contribution < 1.29 is 9.53 Å². The van der Waals surface area contributed by atoms with Gasteiger partial charge in [0.2, 0.25) is 0 Å². The highest BCUT2D eigenvalue weighted by molar-refractivity contribution is 5.91. The molecule has 2 nitrogen and oxygen atoms in total. The molecule has 2 heteroatoms. The smallest absolute Gasteiger partial charge is 0.334 e. The summed E-state index contributed by atoms with van der Waals surface area (Å²) in [5, 5.41) is 0. The molecule has 17 heavy (non-hydrogen) atoms. The SMILES string of the molecule is C=C1C(=O)O[C@H]2[C@@H]1CC[C@@]1(C)CCCC(=C)[C@H]21. The van der Waals surface area contributed by atoms with Crippen molar-refractivity contribution in [2.45, 2.75) is 45.1 Å². The third kappa shape index (κ3) is 1.42. The highest BCUT2D eigenvalue weighted by Crippen LogP contribution is 2.57. The van der Waals surface area contributed by atoms with Gasteiger partial charge in [0.1, 0.15) is 6.10 Å². The van der Waals surface area contributed by atoms with Gasteiger partial charge >= 0.3 is 5.97 Å². The fourth-order valence-electron chi connectivity index (χ4n) is 4.19. The summed E-state index contributed by atoms with van der Waals surface area (Å²) in [5.41, 5.74) is 2.27. The van der Waals surface area contributed by atoms with Gasteiger partial charge in [0.25, 0.3) is 0 Å². The summed E-state index contributed by atoms with van der Waals surface area (Å²) in [6.45, 7) is 10.5. The third-order valence-corrected chi connectivity index (χ3v) is 5.14. The predicted octanol–water partition coefficient (Wildman–Crippen LogP) is 3.24. The van der Waals surface area contributed by atoms with Gasteiger partial charge in [-0.2, -0.15) is 0 Å². The number of fused-ring (bicyclic) bond motifs is 3. The molecule has 4 atom stereocenters. The summed E-state index contributed by atoms with van der Waals surface area (Å²) in [6.07, 6.45) is 5.82. The van der Waals surface area contributed by atoms with E-state index in [4.69, 9.17) is 4.74 Å². The zero-order valence-electron chi connectivity index (χ0n) is 10.5. The van der Waals surface area contributed by atoms with Crippen LogP contribution in [-0.2, 0) is 9.53 Å². The molecule has 0 aromatic heterocycles. The fourth-order valence-corrected chi connectivity index (χ4v) is 4.19. The molecule has 2 aliphatic carbocycles. The van der Waals surface area contributed by atoms with E-state index in [2.05, 4.69) is 20.1 Å². The van der Waals surface area contributed by atoms with E-state index in [9.17, 15) is 4.79 Å². The molecule has 1 heterocycles. The molecule has 2 saturated carbocycles. The molecule has 0 N–H and O–H groups in total. The molecule has 1 aliphatic heterocycles. The molecule has 1 saturated heterocycles. The van der Waals surface area contributed by atoms with Crippen molar-refractivity contribution in [3.63, 3.8) is 0 Å². The van der Waals surface area contributed by atoms with Crippen molar-refractivity contribution in [3.8, 4) is 0 Å². The fraction of sp³-hybridized carbons (Fsp3) is 0.667. The lowest BCUT2D eigenvalue weighted by molar-refractivity contribution is -0.145. The van der Waals surface area contributed by atoms with E-state index in [0.717, 1.165) is 12.8 Å². The van der Waals surface area contributed by atoms with E-state index in [0.29, 0.717) is 16.9 Å². The van der Waals surface area contributed by atoms with Crippen LogP contribution in [0.1, 0.15) is 39.0 Å². The Morgan fingerprint density at radius 3 is 2.88 bits per heavy atom. The first-order valence-electron chi connectivity index (χ1n) is 6.60. The Morgan fingerprint density at radius 1 is 1.35 bits per heavy atom. The molecule has 0 bridgehead atoms. The van der Waals surface area contributed by atoms with E-state index in [1.54, 1.807) is 0 Å². The van der Waals surface area contributed by atoms with Crippen LogP contribution in [0.5, 0.6) is 0 Å². The Morgan fingerprint density at radius 2 is 2.12 bits per heavy atom. The third-order valence-electron chi connectivity index (χ3n) is 5.14. The largest absolute Gasteiger partial charge is 0.458 e. The van der Waals surface area contributed by atoms with E-state index in [-0.39, 0.29) is 18.0 Å². The number of ether oxygens (including phenoxy) is 1. The number of carbonyl (C=O) groups is 1. The van der Waals surface area contributed by atoms with Crippen LogP contribution >= 0.6 is 0 Å². The maximum Gasteiger partial charge on any atom is 0.334 e. The summed E-state index contributed by atoms with van der Waals surface area (Å²) in [6, 6.07) is 0. The quantitative estimate of drug-likeness (QED) is 0.364. The van der Waals surface area contributed by atoms with Crippen LogP contribution < -0.4 is 0 Å². The van der Waals surface area contributed by atoms with Crippen molar-refractivity contribution in [2.75, 3.05) is 0 Å². The van der Waals surface area contributed by atoms with E-state index in [1.165, 1.54) is 24.8 Å². The first-order valence-corrected chi connectivity index (χ1v) is 6.60. The van der Waals surface area contributed by atoms with Gasteiger partial charge in [-0.3, -0.25) is 0 Å². The molecule has 0 amide bonds. The van der Waals surface area contributed by atoms with Crippen LogP contribution in [0.15, 0.2) is 24.3 Å². The van der Waals surface area contributed by atoms with Crippen molar-refractivity contribution in [1.82, 2.24) is 0 Å². The van der Waals surface area contributed by atoms with Gasteiger partial charge < -0.3 is 4.74 Å². The van der Waals surface area contributed by atoms with Gasteiger partial charge in [-0.25, -0.2) is 4.79 Å². The number of hydrogen-bond acceptors (Lipinski definition) is 2. The van der Waals surface area contributed by atoms with Crippen molar-refractivity contribution in [2.24, 2.45) is 17.3 Å². The number of rotatable bonds is 0. The Labute approximate surface area is 103 Å². The Kier molecular flexibility index (Phi) is 2.26. The summed E-state index contributed by atoms with van der Waals surface area (Å²) in [5.74, 6) is 0.427. The van der Waals surface area contributed by atoms with Gasteiger partial charge in [0, 0.05) is 17.4 Å². The van der Waals surface area contributed by atoms with Gasteiger partial charge in [-0.1, -0.05) is 25.7 Å². The predicted molar refractivity (Wildman–Crippen MR) is 66.3 cm³/mol. The molecule has 0 aromatic carbocycles. The second-order valence-electron chi connectivity index (χ2n) is 6.18. The van der Waals surface area contributed by atoms with Crippen LogP contribution in [0, 0.1) is 17.3 Å². The van der Waals surface area contributed by atoms with Crippen molar-refractivity contribution in [1.29, 1.82) is 0 Å². The minimum atomic E-state index is -0.178. The molecule has 0 unspecified atom stereocenters. The first-order chi connectivity index (χ1) is 8.03. The first kappa shape index (κ1) is 11.1. The maximum absolute atomic E-state index is 11.7. The minimum absolute atomic E-state index is 0.0292. The number of hydrogen-bond donors (Lipinski definition) is 0. The summed E-state index contributed by atoms with van der Waals surface area (Å²) < 4.78 is 5.58. The zero-order valence-corrected chi connectivity index (χ0v) is 10.5. The van der Waals surface area contributed by atoms with Gasteiger partial charge in [-0.05, 0) is 37.5 Å². The van der Waals surface area contributed by atoms with Crippen molar-refractivity contribution in [3.05, 3.63) is 24.3 Å². The topological polar surface area (TPSA) is 26.3 Å². The Hall–Kier alpha value is -1.05. The Balaban J connectivity index is 1.98. The summed E-state index contributed by atoms with van der Waals surface area (Å²) >= 11 is 0. The van der Waals surface area contributed by atoms with E-state index >= 15 is 0 Å². The van der Waals surface area contributed by atoms with E-state index in [1.807, 2.05) is 0 Å². The maximum atomic E-state index is 11.7. The van der Waals surface area contributed by atoms with E-state index < -0.39 is 0 Å². The number of carbonyl (C=O) groups excluding carboxylic acids is 1. The zero-order chi connectivity index (χ0) is 12.2. The van der Waals surface area contributed by atoms with Crippen molar-refractivity contribution >= 4 is 5.97 Å². The molecule has 0 radical (unpaired) electrons. The monoisotopic (exact) mass is 232 g/mol. The van der Waals surface area contributed by atoms with Gasteiger partial charge in [-0.15, -0.1) is 0 Å². The highest BCUT2D eigenvalue weighted by Gasteiger charge is 2.54. The minimum Gasteiger partial charge on any atom is -0.458 e. The lowest BCUT2D eigenvalue weighted by atomic mass is 9.55. The average molecular weight is 232 g/mol. The van der Waals surface area contributed by atoms with Crippen LogP contribution in [0.2, 0.25) is 0 Å². The average Bonchev–Trinajstić information content (AvgIpc) is 2.54. The van der Waals surface area contributed by atoms with Crippen LogP contribution in [-0.4, -0.2) is 12.1 Å². The van der Waals surface area contributed by atoms with Crippen LogP contribution in [0.4, 0.5) is 0 Å².